The first-order valence-electron chi connectivity index (χ1n) is 13.6. The molecule has 3 heterocycles. The maximum atomic E-state index is 13.1. The van der Waals surface area contributed by atoms with E-state index in [0.29, 0.717) is 36.0 Å². The number of nitrogen functional groups attached to an aromatic ring is 1. The lowest BCUT2D eigenvalue weighted by Crippen LogP contribution is -2.45. The topological polar surface area (TPSA) is 97.1 Å². The van der Waals surface area contributed by atoms with Crippen molar-refractivity contribution in [1.29, 1.82) is 0 Å². The summed E-state index contributed by atoms with van der Waals surface area (Å²) >= 11 is 1.58. The normalized spacial score (nSPS) is 15.2. The minimum atomic E-state index is -0.521. The van der Waals surface area contributed by atoms with E-state index in [1.54, 1.807) is 29.5 Å². The van der Waals surface area contributed by atoms with Crippen molar-refractivity contribution in [1.82, 2.24) is 9.80 Å². The van der Waals surface area contributed by atoms with E-state index < -0.39 is 5.82 Å². The van der Waals surface area contributed by atoms with E-state index in [1.807, 2.05) is 6.07 Å². The molecule has 0 spiro atoms. The smallest absolute Gasteiger partial charge is 0.255 e. The van der Waals surface area contributed by atoms with Crippen molar-refractivity contribution in [2.24, 2.45) is 0 Å². The molecule has 2 aliphatic rings. The van der Waals surface area contributed by atoms with Gasteiger partial charge >= 0.3 is 0 Å². The number of ether oxygens (including phenoxy) is 2. The highest BCUT2D eigenvalue weighted by Crippen LogP contribution is 2.31. The third kappa shape index (κ3) is 7.21. The molecule has 2 aliphatic heterocycles. The second-order valence-electron chi connectivity index (χ2n) is 9.90. The largest absolute Gasteiger partial charge is 0.486 e. The van der Waals surface area contributed by atoms with Crippen LogP contribution in [0.5, 0.6) is 11.5 Å². The first-order valence-corrected chi connectivity index (χ1v) is 14.4. The van der Waals surface area contributed by atoms with Crippen LogP contribution in [0.1, 0.15) is 32.5 Å². The summed E-state index contributed by atoms with van der Waals surface area (Å²) in [6.07, 6.45) is 0.939. The first kappa shape index (κ1) is 28.5. The predicted octanol–water partition coefficient (Wildman–Crippen LogP) is 5.28. The highest BCUT2D eigenvalue weighted by molar-refractivity contribution is 7.20. The Kier molecular flexibility index (Phi) is 9.13. The molecule has 8 nitrogen and oxygen atoms in total. The Morgan fingerprint density at radius 1 is 0.976 bits per heavy atom. The SMILES string of the molecule is CCN1CCN(Cc2ccc3cc(C=O)sc3c2)CC1.Nc1cc(NC(=O)c2ccc3c(c2)OCCO3)ccc1F. The highest BCUT2D eigenvalue weighted by atomic mass is 32.1. The van der Waals surface area contributed by atoms with Crippen molar-refractivity contribution in [3.05, 3.63) is 82.5 Å². The van der Waals surface area contributed by atoms with E-state index in [4.69, 9.17) is 15.2 Å². The third-order valence-electron chi connectivity index (χ3n) is 7.10. The van der Waals surface area contributed by atoms with Crippen LogP contribution in [0.4, 0.5) is 15.8 Å². The van der Waals surface area contributed by atoms with Gasteiger partial charge in [0.25, 0.3) is 5.91 Å². The van der Waals surface area contributed by atoms with Gasteiger partial charge < -0.3 is 25.4 Å². The van der Waals surface area contributed by atoms with E-state index >= 15 is 0 Å². The molecule has 1 amide bonds. The number of thiophene rings is 1. The van der Waals surface area contributed by atoms with Gasteiger partial charge in [-0.3, -0.25) is 14.5 Å². The van der Waals surface area contributed by atoms with Gasteiger partial charge in [0.2, 0.25) is 0 Å². The molecule has 0 saturated carbocycles. The molecule has 41 heavy (non-hydrogen) atoms. The van der Waals surface area contributed by atoms with Crippen LogP contribution in [-0.2, 0) is 6.54 Å². The van der Waals surface area contributed by atoms with E-state index in [-0.39, 0.29) is 11.6 Å². The summed E-state index contributed by atoms with van der Waals surface area (Å²) in [5, 5.41) is 3.83. The van der Waals surface area contributed by atoms with E-state index in [0.717, 1.165) is 37.3 Å². The lowest BCUT2D eigenvalue weighted by molar-refractivity contribution is 0.102. The zero-order valence-electron chi connectivity index (χ0n) is 22.9. The van der Waals surface area contributed by atoms with Crippen LogP contribution in [0.15, 0.2) is 60.7 Å². The number of likely N-dealkylation sites (N-methyl/N-ethyl adjacent to an activating group) is 1. The summed E-state index contributed by atoms with van der Waals surface area (Å²) in [6, 6.07) is 17.5. The number of nitrogens with one attached hydrogen (secondary N) is 1. The minimum Gasteiger partial charge on any atom is -0.486 e. The molecule has 1 fully saturated rings. The maximum Gasteiger partial charge on any atom is 0.255 e. The molecule has 10 heteroatoms. The average Bonchev–Trinajstić information content (AvgIpc) is 3.42. The molecular weight excluding hydrogens is 543 g/mol. The summed E-state index contributed by atoms with van der Waals surface area (Å²) < 4.78 is 25.1. The number of piperazine rings is 1. The second-order valence-corrected chi connectivity index (χ2v) is 11.0. The van der Waals surface area contributed by atoms with Crippen LogP contribution in [0.2, 0.25) is 0 Å². The van der Waals surface area contributed by atoms with Crippen LogP contribution < -0.4 is 20.5 Å². The number of halogens is 1. The van der Waals surface area contributed by atoms with Crippen molar-refractivity contribution in [2.75, 3.05) is 57.0 Å². The van der Waals surface area contributed by atoms with Crippen molar-refractivity contribution >= 4 is 45.0 Å². The Labute approximate surface area is 242 Å². The van der Waals surface area contributed by atoms with E-state index in [9.17, 15) is 14.0 Å². The lowest BCUT2D eigenvalue weighted by Gasteiger charge is -2.34. The van der Waals surface area contributed by atoms with Gasteiger partial charge in [0.1, 0.15) is 19.0 Å². The number of aldehydes is 1. The van der Waals surface area contributed by atoms with Gasteiger partial charge in [-0.2, -0.15) is 0 Å². The fourth-order valence-electron chi connectivity index (χ4n) is 4.78. The molecule has 0 radical (unpaired) electrons. The predicted molar refractivity (Wildman–Crippen MR) is 161 cm³/mol. The number of hydrogen-bond donors (Lipinski definition) is 2. The average molecular weight is 577 g/mol. The minimum absolute atomic E-state index is 0.0185. The van der Waals surface area contributed by atoms with Crippen molar-refractivity contribution in [3.8, 4) is 11.5 Å². The van der Waals surface area contributed by atoms with Crippen molar-refractivity contribution in [2.45, 2.75) is 13.5 Å². The summed E-state index contributed by atoms with van der Waals surface area (Å²) in [5.41, 5.74) is 7.64. The zero-order valence-corrected chi connectivity index (χ0v) is 23.7. The molecule has 4 aromatic rings. The fourth-order valence-corrected chi connectivity index (χ4v) is 5.73. The number of rotatable bonds is 6. The molecule has 214 valence electrons. The summed E-state index contributed by atoms with van der Waals surface area (Å²) in [5.74, 6) is 0.293. The highest BCUT2D eigenvalue weighted by Gasteiger charge is 2.17. The molecule has 3 N–H and O–H groups in total. The third-order valence-corrected chi connectivity index (χ3v) is 8.12. The van der Waals surface area contributed by atoms with E-state index in [1.165, 1.54) is 46.9 Å². The molecule has 0 unspecified atom stereocenters. The van der Waals surface area contributed by atoms with Gasteiger partial charge in [0.05, 0.1) is 10.6 Å². The number of anilines is 2. The Hall–Kier alpha value is -3.99. The van der Waals surface area contributed by atoms with Gasteiger partial charge in [-0.25, -0.2) is 4.39 Å². The number of fused-ring (bicyclic) bond motifs is 2. The summed E-state index contributed by atoms with van der Waals surface area (Å²) in [6.45, 7) is 9.99. The molecule has 6 rings (SSSR count). The van der Waals surface area contributed by atoms with Crippen LogP contribution in [0.3, 0.4) is 0 Å². The van der Waals surface area contributed by atoms with E-state index in [2.05, 4.69) is 40.2 Å². The standard InChI is InChI=1S/C16H20N2OS.C15H13FN2O3/c1-2-17-5-7-18(8-6-17)11-13-3-4-14-10-15(12-19)20-16(14)9-13;16-11-3-2-10(8-12(11)17)18-15(19)9-1-4-13-14(7-9)21-6-5-20-13/h3-4,9-10,12H,2,5-8,11H2,1H3;1-4,7-8H,5-6,17H2,(H,18,19). The van der Waals surface area contributed by atoms with Crippen molar-refractivity contribution < 1.29 is 23.5 Å². The Morgan fingerprint density at radius 3 is 2.46 bits per heavy atom. The Bertz CT molecular complexity index is 1530. The van der Waals surface area contributed by atoms with Gasteiger partial charge in [-0.05, 0) is 66.0 Å². The molecule has 0 aliphatic carbocycles. The van der Waals surface area contributed by atoms with Crippen LogP contribution in [0.25, 0.3) is 10.1 Å². The number of benzene rings is 3. The number of hydrogen-bond acceptors (Lipinski definition) is 8. The van der Waals surface area contributed by atoms with Gasteiger partial charge in [-0.1, -0.05) is 19.1 Å². The molecule has 0 bridgehead atoms. The quantitative estimate of drug-likeness (QED) is 0.238. The van der Waals surface area contributed by atoms with Crippen LogP contribution in [0, 0.1) is 5.82 Å². The molecule has 1 aromatic heterocycles. The number of amides is 1. The van der Waals surface area contributed by atoms with Crippen LogP contribution >= 0.6 is 11.3 Å². The summed E-state index contributed by atoms with van der Waals surface area (Å²) in [7, 11) is 0. The molecular formula is C31H33FN4O4S. The second kappa shape index (κ2) is 13.1. The first-order chi connectivity index (χ1) is 19.9. The molecule has 3 aromatic carbocycles. The number of carbonyl (C=O) groups is 2. The fraction of sp³-hybridized carbons (Fsp3) is 0.290. The van der Waals surface area contributed by atoms with Crippen LogP contribution in [-0.4, -0.2) is 67.9 Å². The number of nitrogens with zero attached hydrogens (tertiary/aromatic N) is 2. The zero-order chi connectivity index (χ0) is 28.8. The Balaban J connectivity index is 0.000000165. The lowest BCUT2D eigenvalue weighted by atomic mass is 10.1. The Morgan fingerprint density at radius 2 is 1.73 bits per heavy atom. The van der Waals surface area contributed by atoms with Crippen molar-refractivity contribution in [3.63, 3.8) is 0 Å². The monoisotopic (exact) mass is 576 g/mol. The maximum absolute atomic E-state index is 13.1. The molecule has 0 atom stereocenters. The van der Waals surface area contributed by atoms with Gasteiger partial charge in [-0.15, -0.1) is 11.3 Å². The molecule has 1 saturated heterocycles. The van der Waals surface area contributed by atoms with Gasteiger partial charge in [0, 0.05) is 48.7 Å². The summed E-state index contributed by atoms with van der Waals surface area (Å²) in [4.78, 5) is 28.8. The van der Waals surface area contributed by atoms with Gasteiger partial charge in [0.15, 0.2) is 17.8 Å². The number of carbonyl (C=O) groups excluding carboxylic acids is 2. The number of nitrogens with two attached hydrogens (primary N) is 1.